The van der Waals surface area contributed by atoms with Crippen molar-refractivity contribution in [1.29, 1.82) is 0 Å². The molecule has 0 saturated heterocycles. The lowest BCUT2D eigenvalue weighted by Crippen LogP contribution is -2.24. The summed E-state index contributed by atoms with van der Waals surface area (Å²) >= 11 is 0. The van der Waals surface area contributed by atoms with Crippen LogP contribution in [0.25, 0.3) is 16.6 Å². The highest BCUT2D eigenvalue weighted by Crippen LogP contribution is 2.44. The smallest absolute Gasteiger partial charge is 0.182 e. The quantitative estimate of drug-likeness (QED) is 0.325. The van der Waals surface area contributed by atoms with Crippen molar-refractivity contribution in [3.63, 3.8) is 0 Å². The molecule has 2 aliphatic carbocycles. The van der Waals surface area contributed by atoms with Crippen LogP contribution in [0.15, 0.2) is 79.3 Å². The first-order chi connectivity index (χ1) is 15.8. The Morgan fingerprint density at radius 3 is 2.16 bits per heavy atom. The van der Waals surface area contributed by atoms with E-state index >= 15 is 0 Å². The Balaban J connectivity index is 1.18. The van der Waals surface area contributed by atoms with Crippen molar-refractivity contribution in [1.82, 2.24) is 9.38 Å². The van der Waals surface area contributed by atoms with Crippen molar-refractivity contribution in [2.24, 2.45) is 5.92 Å². The van der Waals surface area contributed by atoms with E-state index in [0.717, 1.165) is 36.9 Å². The van der Waals surface area contributed by atoms with E-state index in [1.807, 2.05) is 16.9 Å². The van der Waals surface area contributed by atoms with Gasteiger partial charge in [-0.05, 0) is 78.7 Å². The second-order valence-corrected chi connectivity index (χ2v) is 9.50. The number of nitrogens with zero attached hydrogens (tertiary/aromatic N) is 2. The fraction of sp³-hybridized carbons (Fsp3) is 0.310. The highest BCUT2D eigenvalue weighted by molar-refractivity contribution is 5.98. The van der Waals surface area contributed by atoms with E-state index in [9.17, 15) is 4.79 Å². The molecular formula is C29H28N2O. The van der Waals surface area contributed by atoms with Crippen LogP contribution in [-0.4, -0.2) is 15.2 Å². The molecule has 3 heteroatoms. The Morgan fingerprint density at radius 1 is 0.750 bits per heavy atom. The summed E-state index contributed by atoms with van der Waals surface area (Å²) in [4.78, 5) is 18.0. The van der Waals surface area contributed by atoms with Gasteiger partial charge in [0.2, 0.25) is 0 Å². The SMILES string of the molecule is O=C(c1c(C2CC2)ccc2cncn12)C1CCC(c2ccc(-c3ccccc3)cc2)CC1. The predicted molar refractivity (Wildman–Crippen MR) is 128 cm³/mol. The maximum atomic E-state index is 13.7. The summed E-state index contributed by atoms with van der Waals surface area (Å²) in [5.74, 6) is 1.56. The van der Waals surface area contributed by atoms with Gasteiger partial charge in [0.1, 0.15) is 0 Å². The highest BCUT2D eigenvalue weighted by atomic mass is 16.1. The molecule has 2 aliphatic rings. The second kappa shape index (κ2) is 8.05. The van der Waals surface area contributed by atoms with Gasteiger partial charge < -0.3 is 0 Å². The van der Waals surface area contributed by atoms with Gasteiger partial charge in [-0.2, -0.15) is 0 Å². The number of carbonyl (C=O) groups is 1. The van der Waals surface area contributed by atoms with Crippen LogP contribution in [0.1, 0.15) is 72.0 Å². The predicted octanol–water partition coefficient (Wildman–Crippen LogP) is 7.04. The molecule has 2 heterocycles. The molecule has 2 saturated carbocycles. The summed E-state index contributed by atoms with van der Waals surface area (Å²) in [6.07, 6.45) is 10.2. The molecule has 3 nitrogen and oxygen atoms in total. The molecule has 0 bridgehead atoms. The Labute approximate surface area is 189 Å². The fourth-order valence-electron chi connectivity index (χ4n) is 5.45. The summed E-state index contributed by atoms with van der Waals surface area (Å²) in [5.41, 5.74) is 7.08. The lowest BCUT2D eigenvalue weighted by atomic mass is 9.76. The van der Waals surface area contributed by atoms with E-state index in [1.54, 1.807) is 0 Å². The Bertz CT molecular complexity index is 1240. The van der Waals surface area contributed by atoms with Crippen LogP contribution >= 0.6 is 0 Å². The van der Waals surface area contributed by atoms with Crippen molar-refractivity contribution in [2.45, 2.75) is 50.4 Å². The number of pyridine rings is 1. The van der Waals surface area contributed by atoms with Crippen molar-refractivity contribution in [3.05, 3.63) is 96.1 Å². The number of aromatic nitrogens is 2. The van der Waals surface area contributed by atoms with Crippen LogP contribution in [0.5, 0.6) is 0 Å². The summed E-state index contributed by atoms with van der Waals surface area (Å²) in [7, 11) is 0. The number of hydrogen-bond donors (Lipinski definition) is 0. The van der Waals surface area contributed by atoms with Crippen LogP contribution in [0, 0.1) is 5.92 Å². The molecule has 0 spiro atoms. The van der Waals surface area contributed by atoms with Gasteiger partial charge in [-0.15, -0.1) is 0 Å². The molecular weight excluding hydrogens is 392 g/mol. The first-order valence-corrected chi connectivity index (χ1v) is 11.9. The van der Waals surface area contributed by atoms with Crippen LogP contribution in [0.4, 0.5) is 0 Å². The van der Waals surface area contributed by atoms with Gasteiger partial charge in [0.05, 0.1) is 23.7 Å². The molecule has 6 rings (SSSR count). The van der Waals surface area contributed by atoms with Crippen LogP contribution in [0.3, 0.4) is 0 Å². The van der Waals surface area contributed by atoms with Crippen molar-refractivity contribution in [3.8, 4) is 11.1 Å². The molecule has 160 valence electrons. The molecule has 2 aromatic carbocycles. The average Bonchev–Trinajstić information content (AvgIpc) is 3.60. The van der Waals surface area contributed by atoms with E-state index in [0.29, 0.717) is 17.6 Å². The maximum Gasteiger partial charge on any atom is 0.182 e. The third kappa shape index (κ3) is 3.56. The molecule has 0 radical (unpaired) electrons. The van der Waals surface area contributed by atoms with Gasteiger partial charge in [0.15, 0.2) is 5.78 Å². The average molecular weight is 421 g/mol. The highest BCUT2D eigenvalue weighted by Gasteiger charge is 2.34. The molecule has 0 N–H and O–H groups in total. The van der Waals surface area contributed by atoms with E-state index in [4.69, 9.17) is 0 Å². The van der Waals surface area contributed by atoms with Crippen LogP contribution < -0.4 is 0 Å². The Hall–Kier alpha value is -3.20. The normalized spacial score (nSPS) is 21.0. The van der Waals surface area contributed by atoms with Crippen molar-refractivity contribution >= 4 is 11.3 Å². The van der Waals surface area contributed by atoms with Gasteiger partial charge in [-0.25, -0.2) is 4.98 Å². The standard InChI is InChI=1S/C29H28N2O/c32-29(28-27(24-12-13-24)17-16-26-18-30-19-31(26)28)25-14-10-23(11-15-25)22-8-6-21(7-9-22)20-4-2-1-3-5-20/h1-9,16-19,23-25H,10-15H2. The van der Waals surface area contributed by atoms with Crippen LogP contribution in [-0.2, 0) is 0 Å². The first kappa shape index (κ1) is 19.5. The number of Topliss-reactive ketones (excluding diaryl/α,β-unsaturated/α-hetero) is 1. The lowest BCUT2D eigenvalue weighted by Gasteiger charge is -2.29. The summed E-state index contributed by atoms with van der Waals surface area (Å²) in [6, 6.07) is 23.9. The molecule has 4 aromatic rings. The van der Waals surface area contributed by atoms with E-state index in [1.165, 1.54) is 35.1 Å². The van der Waals surface area contributed by atoms with Crippen LogP contribution in [0.2, 0.25) is 0 Å². The van der Waals surface area contributed by atoms with Crippen molar-refractivity contribution in [2.75, 3.05) is 0 Å². The second-order valence-electron chi connectivity index (χ2n) is 9.50. The minimum atomic E-state index is 0.125. The summed E-state index contributed by atoms with van der Waals surface area (Å²) < 4.78 is 2.03. The number of fused-ring (bicyclic) bond motifs is 1. The number of carbonyl (C=O) groups excluding carboxylic acids is 1. The molecule has 2 fully saturated rings. The maximum absolute atomic E-state index is 13.7. The molecule has 0 atom stereocenters. The molecule has 0 unspecified atom stereocenters. The zero-order valence-corrected chi connectivity index (χ0v) is 18.3. The largest absolute Gasteiger partial charge is 0.296 e. The third-order valence-corrected chi connectivity index (χ3v) is 7.45. The molecule has 32 heavy (non-hydrogen) atoms. The first-order valence-electron chi connectivity index (χ1n) is 11.9. The van der Waals surface area contributed by atoms with E-state index in [-0.39, 0.29) is 5.92 Å². The fourth-order valence-corrected chi connectivity index (χ4v) is 5.45. The number of hydrogen-bond acceptors (Lipinski definition) is 2. The number of benzene rings is 2. The van der Waals surface area contributed by atoms with Gasteiger partial charge >= 0.3 is 0 Å². The van der Waals surface area contributed by atoms with Gasteiger partial charge in [-0.1, -0.05) is 60.7 Å². The number of ketones is 1. The minimum Gasteiger partial charge on any atom is -0.296 e. The van der Waals surface area contributed by atoms with Gasteiger partial charge in [-0.3, -0.25) is 9.20 Å². The van der Waals surface area contributed by atoms with Crippen molar-refractivity contribution < 1.29 is 4.79 Å². The number of imidazole rings is 1. The van der Waals surface area contributed by atoms with Gasteiger partial charge in [0, 0.05) is 5.92 Å². The zero-order chi connectivity index (χ0) is 21.5. The van der Waals surface area contributed by atoms with E-state index in [2.05, 4.69) is 71.7 Å². The summed E-state index contributed by atoms with van der Waals surface area (Å²) in [5, 5.41) is 0. The Morgan fingerprint density at radius 2 is 1.44 bits per heavy atom. The summed E-state index contributed by atoms with van der Waals surface area (Å²) in [6.45, 7) is 0. The topological polar surface area (TPSA) is 34.4 Å². The molecule has 0 amide bonds. The monoisotopic (exact) mass is 420 g/mol. The Kier molecular flexibility index (Phi) is 4.90. The lowest BCUT2D eigenvalue weighted by molar-refractivity contribution is 0.0876. The number of rotatable bonds is 5. The molecule has 0 aliphatic heterocycles. The third-order valence-electron chi connectivity index (χ3n) is 7.45. The zero-order valence-electron chi connectivity index (χ0n) is 18.3. The van der Waals surface area contributed by atoms with Gasteiger partial charge in [0.25, 0.3) is 0 Å². The van der Waals surface area contributed by atoms with E-state index < -0.39 is 0 Å². The molecule has 2 aromatic heterocycles. The minimum absolute atomic E-state index is 0.125.